The second kappa shape index (κ2) is 7.42. The topological polar surface area (TPSA) is 101 Å². The van der Waals surface area contributed by atoms with Crippen LogP contribution in [0.25, 0.3) is 17.2 Å². The smallest absolute Gasteiger partial charge is 0.250 e. The van der Waals surface area contributed by atoms with Gasteiger partial charge >= 0.3 is 0 Å². The lowest BCUT2D eigenvalue weighted by Crippen LogP contribution is -2.27. The van der Waals surface area contributed by atoms with E-state index in [-0.39, 0.29) is 0 Å². The van der Waals surface area contributed by atoms with E-state index in [2.05, 4.69) is 33.7 Å². The number of hydrogen-bond donors (Lipinski definition) is 2. The van der Waals surface area contributed by atoms with Crippen LogP contribution in [-0.4, -0.2) is 38.9 Å². The summed E-state index contributed by atoms with van der Waals surface area (Å²) in [6.07, 6.45) is 5.41. The van der Waals surface area contributed by atoms with Gasteiger partial charge in [0.2, 0.25) is 0 Å². The lowest BCUT2D eigenvalue weighted by molar-refractivity contribution is 0.100. The fourth-order valence-electron chi connectivity index (χ4n) is 3.87. The van der Waals surface area contributed by atoms with Crippen molar-refractivity contribution in [1.29, 1.82) is 0 Å². The summed E-state index contributed by atoms with van der Waals surface area (Å²) < 4.78 is 1.82. The summed E-state index contributed by atoms with van der Waals surface area (Å²) >= 11 is 1.71. The van der Waals surface area contributed by atoms with Crippen LogP contribution in [-0.2, 0) is 13.0 Å². The van der Waals surface area contributed by atoms with Crippen LogP contribution in [0, 0.1) is 0 Å². The van der Waals surface area contributed by atoms with Crippen molar-refractivity contribution >= 4 is 34.3 Å². The van der Waals surface area contributed by atoms with E-state index < -0.39 is 5.91 Å². The first kappa shape index (κ1) is 18.6. The number of aryl methyl sites for hydroxylation is 1. The number of imidazole rings is 1. The molecule has 5 rings (SSSR count). The number of nitrogens with two attached hydrogens (primary N) is 1. The molecular formula is C21H21N7OS. The Hall–Kier alpha value is -3.46. The molecule has 0 saturated carbocycles. The molecule has 152 valence electrons. The Balaban J connectivity index is 1.62. The van der Waals surface area contributed by atoms with Gasteiger partial charge in [0.25, 0.3) is 5.91 Å². The number of amides is 1. The van der Waals surface area contributed by atoms with Crippen LogP contribution in [0.4, 0.5) is 11.5 Å². The van der Waals surface area contributed by atoms with Crippen molar-refractivity contribution in [3.05, 3.63) is 58.2 Å². The number of thiophene rings is 1. The molecule has 0 atom stereocenters. The third kappa shape index (κ3) is 3.17. The summed E-state index contributed by atoms with van der Waals surface area (Å²) in [5.41, 5.74) is 8.63. The van der Waals surface area contributed by atoms with Gasteiger partial charge in [-0.2, -0.15) is 0 Å². The lowest BCUT2D eigenvalue weighted by atomic mass is 10.1. The lowest BCUT2D eigenvalue weighted by Gasteiger charge is -2.29. The zero-order valence-corrected chi connectivity index (χ0v) is 17.3. The average molecular weight is 420 g/mol. The summed E-state index contributed by atoms with van der Waals surface area (Å²) in [5, 5.41) is 5.56. The summed E-state index contributed by atoms with van der Waals surface area (Å²) in [6.45, 7) is 1.67. The number of carbonyl (C=O) groups is 1. The average Bonchev–Trinajstić information content (AvgIpc) is 3.41. The quantitative estimate of drug-likeness (QED) is 0.516. The highest BCUT2D eigenvalue weighted by molar-refractivity contribution is 7.09. The molecule has 1 aliphatic rings. The zero-order chi connectivity index (χ0) is 20.7. The van der Waals surface area contributed by atoms with Gasteiger partial charge in [-0.05, 0) is 36.4 Å². The van der Waals surface area contributed by atoms with Crippen LogP contribution in [0.3, 0.4) is 0 Å². The van der Waals surface area contributed by atoms with E-state index in [9.17, 15) is 4.79 Å². The molecule has 0 fully saturated rings. The largest absolute Gasteiger partial charge is 0.370 e. The van der Waals surface area contributed by atoms with Crippen LogP contribution >= 0.6 is 11.3 Å². The molecule has 1 aliphatic heterocycles. The zero-order valence-electron chi connectivity index (χ0n) is 16.5. The minimum absolute atomic E-state index is 0.421. The number of fused-ring (bicyclic) bond motifs is 2. The third-order valence-corrected chi connectivity index (χ3v) is 6.17. The summed E-state index contributed by atoms with van der Waals surface area (Å²) in [4.78, 5) is 29.4. The van der Waals surface area contributed by atoms with E-state index >= 15 is 0 Å². The molecule has 0 radical (unpaired) electrons. The van der Waals surface area contributed by atoms with Crippen LogP contribution in [0.2, 0.25) is 0 Å². The van der Waals surface area contributed by atoms with Gasteiger partial charge in [0.05, 0.1) is 29.5 Å². The van der Waals surface area contributed by atoms with Crippen molar-refractivity contribution in [2.45, 2.75) is 19.4 Å². The van der Waals surface area contributed by atoms with E-state index in [0.717, 1.165) is 36.6 Å². The van der Waals surface area contributed by atoms with Gasteiger partial charge in [-0.1, -0.05) is 6.07 Å². The third-order valence-electron chi connectivity index (χ3n) is 5.29. The second-order valence-corrected chi connectivity index (χ2v) is 8.30. The maximum atomic E-state index is 11.8. The molecular weight excluding hydrogens is 398 g/mol. The molecule has 0 spiro atoms. The van der Waals surface area contributed by atoms with E-state index in [0.29, 0.717) is 29.3 Å². The Morgan fingerprint density at radius 2 is 2.20 bits per heavy atom. The van der Waals surface area contributed by atoms with E-state index in [1.54, 1.807) is 29.7 Å². The molecule has 4 aromatic heterocycles. The maximum absolute atomic E-state index is 11.8. The van der Waals surface area contributed by atoms with Crippen LogP contribution < -0.4 is 16.0 Å². The van der Waals surface area contributed by atoms with E-state index in [4.69, 9.17) is 15.7 Å². The molecule has 0 aliphatic carbocycles. The molecule has 0 aromatic carbocycles. The molecule has 9 heteroatoms. The molecule has 1 amide bonds. The predicted octanol–water partition coefficient (Wildman–Crippen LogP) is 2.95. The number of pyridine rings is 1. The van der Waals surface area contributed by atoms with Gasteiger partial charge in [0.1, 0.15) is 5.69 Å². The number of rotatable bonds is 5. The first-order chi connectivity index (χ1) is 14.6. The number of nitrogens with zero attached hydrogens (tertiary/aromatic N) is 5. The first-order valence-corrected chi connectivity index (χ1v) is 10.6. The molecule has 5 heterocycles. The van der Waals surface area contributed by atoms with Gasteiger partial charge in [-0.15, -0.1) is 11.3 Å². The maximum Gasteiger partial charge on any atom is 0.250 e. The molecule has 0 saturated heterocycles. The minimum Gasteiger partial charge on any atom is -0.370 e. The van der Waals surface area contributed by atoms with Crippen LogP contribution in [0.5, 0.6) is 0 Å². The minimum atomic E-state index is -0.488. The predicted molar refractivity (Wildman–Crippen MR) is 118 cm³/mol. The van der Waals surface area contributed by atoms with Crippen molar-refractivity contribution < 1.29 is 4.79 Å². The number of hydrogen-bond acceptors (Lipinski definition) is 7. The van der Waals surface area contributed by atoms with Crippen molar-refractivity contribution in [2.24, 2.45) is 5.73 Å². The summed E-state index contributed by atoms with van der Waals surface area (Å²) in [7, 11) is 2.07. The molecule has 4 aromatic rings. The summed E-state index contributed by atoms with van der Waals surface area (Å²) in [6, 6.07) is 7.62. The Bertz CT molecular complexity index is 1230. The highest BCUT2D eigenvalue weighted by Crippen LogP contribution is 2.34. The monoisotopic (exact) mass is 419 g/mol. The molecule has 30 heavy (non-hydrogen) atoms. The van der Waals surface area contributed by atoms with Gasteiger partial charge in [0, 0.05) is 24.7 Å². The summed E-state index contributed by atoms with van der Waals surface area (Å²) in [5.74, 6) is 1.43. The fraction of sp³-hybridized carbons (Fsp3) is 0.238. The number of nitrogens with one attached hydrogen (secondary N) is 1. The Kier molecular flexibility index (Phi) is 4.59. The van der Waals surface area contributed by atoms with Crippen molar-refractivity contribution in [3.8, 4) is 11.6 Å². The molecule has 8 nitrogen and oxygen atoms in total. The van der Waals surface area contributed by atoms with E-state index in [1.807, 2.05) is 16.7 Å². The van der Waals surface area contributed by atoms with E-state index in [1.165, 1.54) is 4.88 Å². The van der Waals surface area contributed by atoms with Gasteiger partial charge < -0.3 is 16.0 Å². The SMILES string of the molecule is CN1CCCc2nc(-c3ncc4c(C(N)=O)cccn34)nc(NCc3cccs3)c21. The standard InChI is InChI=1S/C21H21N7OS/c1-27-8-3-7-15-17(27)19(23-11-13-5-4-10-30-13)26-20(25-15)21-24-12-16-14(18(22)29)6-2-9-28(16)21/h2,4-6,9-10,12H,3,7-8,11H2,1H3,(H2,22,29)(H,23,25,26). The number of carbonyl (C=O) groups excluding carboxylic acids is 1. The highest BCUT2D eigenvalue weighted by atomic mass is 32.1. The molecule has 3 N–H and O–H groups in total. The first-order valence-electron chi connectivity index (χ1n) is 9.76. The van der Waals surface area contributed by atoms with Gasteiger partial charge in [-0.25, -0.2) is 15.0 Å². The van der Waals surface area contributed by atoms with Crippen molar-refractivity contribution in [1.82, 2.24) is 19.4 Å². The van der Waals surface area contributed by atoms with Gasteiger partial charge in [0.15, 0.2) is 17.5 Å². The number of anilines is 2. The fourth-order valence-corrected chi connectivity index (χ4v) is 4.52. The number of aromatic nitrogens is 4. The van der Waals surface area contributed by atoms with Crippen molar-refractivity contribution in [2.75, 3.05) is 23.8 Å². The normalized spacial score (nSPS) is 13.4. The van der Waals surface area contributed by atoms with Gasteiger partial charge in [-0.3, -0.25) is 9.20 Å². The highest BCUT2D eigenvalue weighted by Gasteiger charge is 2.24. The Labute approximate surface area is 177 Å². The Morgan fingerprint density at radius 3 is 3.00 bits per heavy atom. The van der Waals surface area contributed by atoms with Crippen LogP contribution in [0.15, 0.2) is 42.0 Å². The van der Waals surface area contributed by atoms with Crippen LogP contribution in [0.1, 0.15) is 27.3 Å². The molecule has 0 bridgehead atoms. The number of primary amides is 1. The molecule has 0 unspecified atom stereocenters. The second-order valence-electron chi connectivity index (χ2n) is 7.27. The Morgan fingerprint density at radius 1 is 1.30 bits per heavy atom. The van der Waals surface area contributed by atoms with Crippen molar-refractivity contribution in [3.63, 3.8) is 0 Å².